The SMILES string of the molecule is O=C(O)C1CSCN1C(=O)NCC1CCCCO1. The Morgan fingerprint density at radius 2 is 2.28 bits per heavy atom. The van der Waals surface area contributed by atoms with Gasteiger partial charge in [0.05, 0.1) is 12.0 Å². The number of carboxylic acid groups (broad SMARTS) is 1. The maximum absolute atomic E-state index is 11.9. The number of carbonyl (C=O) groups is 2. The maximum atomic E-state index is 11.9. The van der Waals surface area contributed by atoms with Gasteiger partial charge in [0.25, 0.3) is 0 Å². The van der Waals surface area contributed by atoms with Gasteiger partial charge in [0.15, 0.2) is 0 Å². The number of rotatable bonds is 3. The van der Waals surface area contributed by atoms with Crippen LogP contribution in [-0.4, -0.2) is 58.9 Å². The van der Waals surface area contributed by atoms with Crippen molar-refractivity contribution in [3.05, 3.63) is 0 Å². The van der Waals surface area contributed by atoms with Crippen molar-refractivity contribution in [3.63, 3.8) is 0 Å². The molecule has 2 amide bonds. The Morgan fingerprint density at radius 3 is 2.94 bits per heavy atom. The second-order valence-electron chi connectivity index (χ2n) is 4.50. The van der Waals surface area contributed by atoms with Gasteiger partial charge in [-0.15, -0.1) is 11.8 Å². The van der Waals surface area contributed by atoms with Gasteiger partial charge in [-0.3, -0.25) is 0 Å². The first kappa shape index (κ1) is 13.5. The zero-order valence-corrected chi connectivity index (χ0v) is 10.9. The number of carboxylic acids is 1. The van der Waals surface area contributed by atoms with Crippen LogP contribution in [0.3, 0.4) is 0 Å². The molecule has 0 spiro atoms. The van der Waals surface area contributed by atoms with Gasteiger partial charge in [0, 0.05) is 18.9 Å². The summed E-state index contributed by atoms with van der Waals surface area (Å²) < 4.78 is 5.51. The lowest BCUT2D eigenvalue weighted by Gasteiger charge is -2.25. The average Bonchev–Trinajstić information content (AvgIpc) is 2.86. The Kier molecular flexibility index (Phi) is 4.71. The summed E-state index contributed by atoms with van der Waals surface area (Å²) in [6.07, 6.45) is 3.23. The Hall–Kier alpha value is -0.950. The van der Waals surface area contributed by atoms with Crippen molar-refractivity contribution in [1.82, 2.24) is 10.2 Å². The van der Waals surface area contributed by atoms with Crippen LogP contribution < -0.4 is 5.32 Å². The minimum Gasteiger partial charge on any atom is -0.480 e. The minimum absolute atomic E-state index is 0.0706. The van der Waals surface area contributed by atoms with Gasteiger partial charge < -0.3 is 20.1 Å². The number of carbonyl (C=O) groups excluding carboxylic acids is 1. The van der Waals surface area contributed by atoms with E-state index in [0.717, 1.165) is 25.9 Å². The molecule has 102 valence electrons. The van der Waals surface area contributed by atoms with Crippen molar-refractivity contribution >= 4 is 23.8 Å². The predicted molar refractivity (Wildman–Crippen MR) is 67.6 cm³/mol. The van der Waals surface area contributed by atoms with Gasteiger partial charge >= 0.3 is 12.0 Å². The summed E-state index contributed by atoms with van der Waals surface area (Å²) in [7, 11) is 0. The van der Waals surface area contributed by atoms with Crippen molar-refractivity contribution in [2.75, 3.05) is 24.8 Å². The molecular formula is C11H18N2O4S. The summed E-state index contributed by atoms with van der Waals surface area (Å²) in [5.41, 5.74) is 0. The molecule has 2 unspecified atom stereocenters. The number of hydrogen-bond donors (Lipinski definition) is 2. The minimum atomic E-state index is -0.941. The van der Waals surface area contributed by atoms with Crippen molar-refractivity contribution in [2.24, 2.45) is 0 Å². The van der Waals surface area contributed by atoms with Crippen molar-refractivity contribution < 1.29 is 19.4 Å². The Bertz CT molecular complexity index is 320. The molecule has 2 aliphatic rings. The number of amides is 2. The van der Waals surface area contributed by atoms with Crippen molar-refractivity contribution in [1.29, 1.82) is 0 Å². The maximum Gasteiger partial charge on any atom is 0.327 e. The summed E-state index contributed by atoms with van der Waals surface area (Å²) >= 11 is 1.46. The fourth-order valence-corrected chi connectivity index (χ4v) is 3.26. The number of urea groups is 1. The fourth-order valence-electron chi connectivity index (χ4n) is 2.12. The van der Waals surface area contributed by atoms with E-state index >= 15 is 0 Å². The number of nitrogens with zero attached hydrogens (tertiary/aromatic N) is 1. The first-order valence-corrected chi connectivity index (χ1v) is 7.30. The zero-order chi connectivity index (χ0) is 13.0. The van der Waals surface area contributed by atoms with Gasteiger partial charge in [-0.1, -0.05) is 0 Å². The van der Waals surface area contributed by atoms with E-state index in [0.29, 0.717) is 18.2 Å². The van der Waals surface area contributed by atoms with Crippen LogP contribution in [-0.2, 0) is 9.53 Å². The lowest BCUT2D eigenvalue weighted by atomic mass is 10.1. The molecule has 2 saturated heterocycles. The molecule has 0 aromatic carbocycles. The quantitative estimate of drug-likeness (QED) is 0.793. The molecule has 0 aliphatic carbocycles. The Morgan fingerprint density at radius 1 is 1.44 bits per heavy atom. The average molecular weight is 274 g/mol. The molecule has 2 aliphatic heterocycles. The molecule has 2 atom stereocenters. The van der Waals surface area contributed by atoms with E-state index in [1.165, 1.54) is 16.7 Å². The van der Waals surface area contributed by atoms with Gasteiger partial charge in [0.2, 0.25) is 0 Å². The number of nitrogens with one attached hydrogen (secondary N) is 1. The number of hydrogen-bond acceptors (Lipinski definition) is 4. The highest BCUT2D eigenvalue weighted by Crippen LogP contribution is 2.21. The van der Waals surface area contributed by atoms with Crippen LogP contribution >= 0.6 is 11.8 Å². The lowest BCUT2D eigenvalue weighted by Crippen LogP contribution is -2.48. The third-order valence-electron chi connectivity index (χ3n) is 3.18. The highest BCUT2D eigenvalue weighted by atomic mass is 32.2. The first-order valence-electron chi connectivity index (χ1n) is 6.15. The Balaban J connectivity index is 1.78. The summed E-state index contributed by atoms with van der Waals surface area (Å²) in [5.74, 6) is -0.0409. The van der Waals surface area contributed by atoms with E-state index in [2.05, 4.69) is 5.32 Å². The molecule has 2 heterocycles. The number of thioether (sulfide) groups is 1. The van der Waals surface area contributed by atoms with Crippen LogP contribution in [0, 0.1) is 0 Å². The summed E-state index contributed by atoms with van der Waals surface area (Å²) in [5, 5.41) is 11.8. The van der Waals surface area contributed by atoms with E-state index in [-0.39, 0.29) is 12.1 Å². The van der Waals surface area contributed by atoms with Crippen molar-refractivity contribution in [3.8, 4) is 0 Å². The molecular weight excluding hydrogens is 256 g/mol. The van der Waals surface area contributed by atoms with E-state index < -0.39 is 12.0 Å². The van der Waals surface area contributed by atoms with Gasteiger partial charge in [0.1, 0.15) is 6.04 Å². The standard InChI is InChI=1S/C11H18N2O4S/c14-10(15)9-6-18-7-13(9)11(16)12-5-8-3-1-2-4-17-8/h8-9H,1-7H2,(H,12,16)(H,14,15). The zero-order valence-electron chi connectivity index (χ0n) is 10.1. The topological polar surface area (TPSA) is 78.9 Å². The monoisotopic (exact) mass is 274 g/mol. The molecule has 18 heavy (non-hydrogen) atoms. The van der Waals surface area contributed by atoms with Crippen LogP contribution in [0.1, 0.15) is 19.3 Å². The molecule has 2 N–H and O–H groups in total. The molecule has 0 bridgehead atoms. The summed E-state index contributed by atoms with van der Waals surface area (Å²) in [4.78, 5) is 24.2. The summed E-state index contributed by atoms with van der Waals surface area (Å²) in [6.45, 7) is 1.21. The van der Waals surface area contributed by atoms with Crippen molar-refractivity contribution in [2.45, 2.75) is 31.4 Å². The molecule has 2 rings (SSSR count). The van der Waals surface area contributed by atoms with Gasteiger partial charge in [-0.2, -0.15) is 0 Å². The lowest BCUT2D eigenvalue weighted by molar-refractivity contribution is -0.140. The molecule has 0 aromatic rings. The normalized spacial score (nSPS) is 28.1. The highest BCUT2D eigenvalue weighted by molar-refractivity contribution is 7.99. The predicted octanol–water partition coefficient (Wildman–Crippen LogP) is 0.725. The second kappa shape index (κ2) is 6.29. The smallest absolute Gasteiger partial charge is 0.327 e. The van der Waals surface area contributed by atoms with Crippen LogP contribution in [0.2, 0.25) is 0 Å². The van der Waals surface area contributed by atoms with Crippen LogP contribution in [0.5, 0.6) is 0 Å². The van der Waals surface area contributed by atoms with E-state index in [4.69, 9.17) is 9.84 Å². The Labute approximate surface area is 110 Å². The number of aliphatic carboxylic acids is 1. The van der Waals surface area contributed by atoms with Crippen LogP contribution in [0.4, 0.5) is 4.79 Å². The molecule has 7 heteroatoms. The fraction of sp³-hybridized carbons (Fsp3) is 0.818. The van der Waals surface area contributed by atoms with E-state index in [1.54, 1.807) is 0 Å². The van der Waals surface area contributed by atoms with E-state index in [1.807, 2.05) is 0 Å². The van der Waals surface area contributed by atoms with Crippen LogP contribution in [0.25, 0.3) is 0 Å². The third-order valence-corrected chi connectivity index (χ3v) is 4.20. The number of ether oxygens (including phenoxy) is 1. The molecule has 2 fully saturated rings. The molecule has 6 nitrogen and oxygen atoms in total. The summed E-state index contributed by atoms with van der Waals surface area (Å²) in [6, 6.07) is -1.01. The molecule has 0 radical (unpaired) electrons. The second-order valence-corrected chi connectivity index (χ2v) is 5.50. The van der Waals surface area contributed by atoms with E-state index in [9.17, 15) is 9.59 Å². The van der Waals surface area contributed by atoms with Crippen LogP contribution in [0.15, 0.2) is 0 Å². The van der Waals surface area contributed by atoms with Gasteiger partial charge in [-0.25, -0.2) is 9.59 Å². The largest absolute Gasteiger partial charge is 0.480 e. The molecule has 0 saturated carbocycles. The third kappa shape index (κ3) is 3.29. The highest BCUT2D eigenvalue weighted by Gasteiger charge is 2.34. The first-order chi connectivity index (χ1) is 8.68. The molecule has 0 aromatic heterocycles. The van der Waals surface area contributed by atoms with Gasteiger partial charge in [-0.05, 0) is 19.3 Å².